The van der Waals surface area contributed by atoms with Gasteiger partial charge in [-0.05, 0) is 35.2 Å². The van der Waals surface area contributed by atoms with E-state index in [2.05, 4.69) is 10.3 Å². The van der Waals surface area contributed by atoms with Crippen LogP contribution in [0.5, 0.6) is 0 Å². The second-order valence-electron chi connectivity index (χ2n) is 4.92. The first-order valence-corrected chi connectivity index (χ1v) is 6.65. The summed E-state index contributed by atoms with van der Waals surface area (Å²) in [7, 11) is 1.76. The Morgan fingerprint density at radius 3 is 2.71 bits per heavy atom. The molecule has 5 heteroatoms. The molecule has 0 fully saturated rings. The van der Waals surface area contributed by atoms with Crippen molar-refractivity contribution in [2.24, 2.45) is 7.05 Å². The van der Waals surface area contributed by atoms with Crippen LogP contribution in [0.2, 0.25) is 0 Å². The molecule has 0 radical (unpaired) electrons. The quantitative estimate of drug-likeness (QED) is 0.770. The summed E-state index contributed by atoms with van der Waals surface area (Å²) in [4.78, 5) is 25.5. The van der Waals surface area contributed by atoms with E-state index in [0.29, 0.717) is 6.54 Å². The number of aryl methyl sites for hydroxylation is 1. The highest BCUT2D eigenvalue weighted by atomic mass is 16.1. The van der Waals surface area contributed by atoms with E-state index in [-0.39, 0.29) is 11.1 Å². The third-order valence-corrected chi connectivity index (χ3v) is 3.46. The zero-order chi connectivity index (χ0) is 14.8. The van der Waals surface area contributed by atoms with Crippen LogP contribution in [0.25, 0.3) is 10.9 Å². The van der Waals surface area contributed by atoms with Crippen LogP contribution in [0.3, 0.4) is 0 Å². The van der Waals surface area contributed by atoms with Gasteiger partial charge in [0, 0.05) is 37.6 Å². The second kappa shape index (κ2) is 5.28. The van der Waals surface area contributed by atoms with E-state index in [0.717, 1.165) is 22.2 Å². The molecule has 21 heavy (non-hydrogen) atoms. The van der Waals surface area contributed by atoms with Gasteiger partial charge in [0.15, 0.2) is 0 Å². The smallest absolute Gasteiger partial charge is 0.250 e. The molecule has 0 aliphatic carbocycles. The van der Waals surface area contributed by atoms with Crippen molar-refractivity contribution >= 4 is 16.6 Å². The maximum absolute atomic E-state index is 11.7. The number of benzene rings is 1. The highest BCUT2D eigenvalue weighted by Gasteiger charge is 2.01. The Hall–Kier alpha value is -2.82. The van der Waals surface area contributed by atoms with E-state index >= 15 is 0 Å². The van der Waals surface area contributed by atoms with E-state index in [9.17, 15) is 9.59 Å². The van der Waals surface area contributed by atoms with E-state index in [1.807, 2.05) is 30.3 Å². The number of hydrogen-bond donors (Lipinski definition) is 2. The van der Waals surface area contributed by atoms with Crippen LogP contribution >= 0.6 is 0 Å². The predicted molar refractivity (Wildman–Crippen MR) is 83.6 cm³/mol. The molecule has 2 heterocycles. The van der Waals surface area contributed by atoms with Crippen LogP contribution < -0.4 is 16.4 Å². The monoisotopic (exact) mass is 281 g/mol. The minimum Gasteiger partial charge on any atom is -0.381 e. The molecule has 106 valence electrons. The van der Waals surface area contributed by atoms with E-state index in [4.69, 9.17) is 0 Å². The molecule has 0 aliphatic rings. The Kier molecular flexibility index (Phi) is 3.31. The average Bonchev–Trinajstić information content (AvgIpc) is 2.49. The molecule has 2 N–H and O–H groups in total. The summed E-state index contributed by atoms with van der Waals surface area (Å²) in [5.41, 5.74) is 2.53. The second-order valence-corrected chi connectivity index (χ2v) is 4.92. The van der Waals surface area contributed by atoms with Crippen molar-refractivity contribution in [1.29, 1.82) is 0 Å². The number of pyridine rings is 2. The Labute approximate surface area is 120 Å². The fraction of sp³-hybridized carbons (Fsp3) is 0.125. The van der Waals surface area contributed by atoms with Gasteiger partial charge in [0.25, 0.3) is 5.56 Å². The van der Waals surface area contributed by atoms with Gasteiger partial charge < -0.3 is 14.9 Å². The number of hydrogen-bond acceptors (Lipinski definition) is 3. The first-order chi connectivity index (χ1) is 10.1. The number of H-pyrrole nitrogens is 1. The molecule has 0 bridgehead atoms. The molecule has 0 amide bonds. The Morgan fingerprint density at radius 1 is 1.10 bits per heavy atom. The van der Waals surface area contributed by atoms with Crippen LogP contribution in [-0.4, -0.2) is 9.55 Å². The standard InChI is InChI=1S/C16H15N3O2/c1-19-14-9-13(4-2-12(14)3-5-16(19)21)18-10-11-6-7-17-15(20)8-11/h2-9,18H,10H2,1H3,(H,17,20). The lowest BCUT2D eigenvalue weighted by atomic mass is 10.2. The number of aromatic nitrogens is 2. The van der Waals surface area contributed by atoms with E-state index < -0.39 is 0 Å². The molecule has 0 saturated heterocycles. The van der Waals surface area contributed by atoms with Crippen LogP contribution in [0.15, 0.2) is 58.3 Å². The molecular formula is C16H15N3O2. The van der Waals surface area contributed by atoms with Crippen molar-refractivity contribution in [2.75, 3.05) is 5.32 Å². The highest BCUT2D eigenvalue weighted by molar-refractivity contribution is 5.82. The van der Waals surface area contributed by atoms with Crippen molar-refractivity contribution in [3.05, 3.63) is 74.9 Å². The largest absolute Gasteiger partial charge is 0.381 e. The molecule has 0 saturated carbocycles. The summed E-state index contributed by atoms with van der Waals surface area (Å²) in [5.74, 6) is 0. The topological polar surface area (TPSA) is 66.9 Å². The summed E-state index contributed by atoms with van der Waals surface area (Å²) >= 11 is 0. The van der Waals surface area contributed by atoms with Crippen molar-refractivity contribution in [2.45, 2.75) is 6.54 Å². The summed E-state index contributed by atoms with van der Waals surface area (Å²) in [5, 5.41) is 4.27. The van der Waals surface area contributed by atoms with Gasteiger partial charge in [0.2, 0.25) is 5.56 Å². The van der Waals surface area contributed by atoms with Crippen molar-refractivity contribution in [1.82, 2.24) is 9.55 Å². The number of fused-ring (bicyclic) bond motifs is 1. The third kappa shape index (κ3) is 2.72. The summed E-state index contributed by atoms with van der Waals surface area (Å²) in [6, 6.07) is 12.7. The number of rotatable bonds is 3. The highest BCUT2D eigenvalue weighted by Crippen LogP contribution is 2.17. The number of nitrogens with one attached hydrogen (secondary N) is 2. The Bertz CT molecular complexity index is 909. The Morgan fingerprint density at radius 2 is 1.90 bits per heavy atom. The van der Waals surface area contributed by atoms with Crippen LogP contribution in [0.1, 0.15) is 5.56 Å². The molecule has 1 aromatic carbocycles. The van der Waals surface area contributed by atoms with Gasteiger partial charge in [-0.3, -0.25) is 9.59 Å². The lowest BCUT2D eigenvalue weighted by Gasteiger charge is -2.09. The molecule has 0 aliphatic heterocycles. The van der Waals surface area contributed by atoms with Gasteiger partial charge in [-0.2, -0.15) is 0 Å². The molecule has 0 atom stereocenters. The normalized spacial score (nSPS) is 10.7. The maximum atomic E-state index is 11.7. The number of anilines is 1. The van der Waals surface area contributed by atoms with Crippen LogP contribution in [0.4, 0.5) is 5.69 Å². The molecule has 5 nitrogen and oxygen atoms in total. The van der Waals surface area contributed by atoms with Gasteiger partial charge in [0.05, 0.1) is 5.52 Å². The lowest BCUT2D eigenvalue weighted by molar-refractivity contribution is 0.906. The first kappa shape index (κ1) is 13.2. The molecule has 0 spiro atoms. The zero-order valence-electron chi connectivity index (χ0n) is 11.6. The molecular weight excluding hydrogens is 266 g/mol. The fourth-order valence-electron chi connectivity index (χ4n) is 2.28. The minimum atomic E-state index is -0.116. The van der Waals surface area contributed by atoms with Crippen LogP contribution in [-0.2, 0) is 13.6 Å². The van der Waals surface area contributed by atoms with Crippen molar-refractivity contribution in [3.63, 3.8) is 0 Å². The fourth-order valence-corrected chi connectivity index (χ4v) is 2.28. The van der Waals surface area contributed by atoms with Gasteiger partial charge >= 0.3 is 0 Å². The summed E-state index contributed by atoms with van der Waals surface area (Å²) < 4.78 is 1.62. The van der Waals surface area contributed by atoms with E-state index in [1.165, 1.54) is 0 Å². The molecule has 2 aromatic heterocycles. The third-order valence-electron chi connectivity index (χ3n) is 3.46. The lowest BCUT2D eigenvalue weighted by Crippen LogP contribution is -2.15. The average molecular weight is 281 g/mol. The molecule has 0 unspecified atom stereocenters. The van der Waals surface area contributed by atoms with Gasteiger partial charge in [0.1, 0.15) is 0 Å². The number of aromatic amines is 1. The summed E-state index contributed by atoms with van der Waals surface area (Å²) in [6.45, 7) is 0.552. The zero-order valence-corrected chi connectivity index (χ0v) is 11.6. The van der Waals surface area contributed by atoms with Gasteiger partial charge in [-0.25, -0.2) is 0 Å². The van der Waals surface area contributed by atoms with Crippen LogP contribution in [0, 0.1) is 0 Å². The minimum absolute atomic E-state index is 0.0331. The Balaban J connectivity index is 1.89. The summed E-state index contributed by atoms with van der Waals surface area (Å²) in [6.07, 6.45) is 1.63. The molecule has 3 aromatic rings. The number of nitrogens with zero attached hydrogens (tertiary/aromatic N) is 1. The van der Waals surface area contributed by atoms with Crippen molar-refractivity contribution < 1.29 is 0 Å². The van der Waals surface area contributed by atoms with E-state index in [1.54, 1.807) is 29.9 Å². The molecule has 3 rings (SSSR count). The first-order valence-electron chi connectivity index (χ1n) is 6.65. The van der Waals surface area contributed by atoms with Gasteiger partial charge in [-0.15, -0.1) is 0 Å². The SMILES string of the molecule is Cn1c(=O)ccc2ccc(NCc3cc[nH]c(=O)c3)cc21. The maximum Gasteiger partial charge on any atom is 0.250 e. The van der Waals surface area contributed by atoms with Crippen molar-refractivity contribution in [3.8, 4) is 0 Å². The predicted octanol–water partition coefficient (Wildman–Crippen LogP) is 1.84. The van der Waals surface area contributed by atoms with Gasteiger partial charge in [-0.1, -0.05) is 6.07 Å².